The smallest absolute Gasteiger partial charge is 0.303 e. The highest BCUT2D eigenvalue weighted by atomic mass is 32.2. The normalized spacial score (nSPS) is 17.9. The number of aryl methyl sites for hydroxylation is 1. The van der Waals surface area contributed by atoms with Crippen LogP contribution in [0.3, 0.4) is 0 Å². The third-order valence-electron chi connectivity index (χ3n) is 3.53. The number of aliphatic carboxylic acids is 1. The molecule has 1 aliphatic carbocycles. The lowest BCUT2D eigenvalue weighted by Crippen LogP contribution is -2.43. The first-order valence-electron chi connectivity index (χ1n) is 6.02. The van der Waals surface area contributed by atoms with Gasteiger partial charge in [0.1, 0.15) is 0 Å². The van der Waals surface area contributed by atoms with Gasteiger partial charge in [-0.2, -0.15) is 0 Å². The van der Waals surface area contributed by atoms with Crippen LogP contribution in [0, 0.1) is 5.41 Å². The fourth-order valence-corrected chi connectivity index (χ4v) is 3.40. The van der Waals surface area contributed by atoms with Gasteiger partial charge in [0.2, 0.25) is 0 Å². The molecule has 1 aromatic rings. The summed E-state index contributed by atoms with van der Waals surface area (Å²) in [4.78, 5) is 14.6. The van der Waals surface area contributed by atoms with Crippen molar-refractivity contribution >= 4 is 16.0 Å². The van der Waals surface area contributed by atoms with Crippen molar-refractivity contribution in [3.63, 3.8) is 0 Å². The summed E-state index contributed by atoms with van der Waals surface area (Å²) in [6.45, 7) is 0.151. The molecular formula is C11H17N3O4S. The molecule has 0 unspecified atom stereocenters. The third kappa shape index (κ3) is 3.13. The van der Waals surface area contributed by atoms with Gasteiger partial charge in [0, 0.05) is 19.8 Å². The van der Waals surface area contributed by atoms with Gasteiger partial charge in [-0.3, -0.25) is 4.79 Å². The van der Waals surface area contributed by atoms with Crippen LogP contribution in [-0.4, -0.2) is 35.6 Å². The average molecular weight is 287 g/mol. The van der Waals surface area contributed by atoms with Gasteiger partial charge in [-0.05, 0) is 18.3 Å². The summed E-state index contributed by atoms with van der Waals surface area (Å²) in [5.41, 5.74) is -0.437. The van der Waals surface area contributed by atoms with Crippen LogP contribution in [-0.2, 0) is 21.9 Å². The van der Waals surface area contributed by atoms with E-state index in [2.05, 4.69) is 9.71 Å². The van der Waals surface area contributed by atoms with Crippen molar-refractivity contribution in [2.75, 3.05) is 6.54 Å². The van der Waals surface area contributed by atoms with Crippen molar-refractivity contribution in [2.24, 2.45) is 12.5 Å². The molecule has 0 aliphatic heterocycles. The van der Waals surface area contributed by atoms with E-state index in [1.54, 1.807) is 11.6 Å². The summed E-state index contributed by atoms with van der Waals surface area (Å²) in [5, 5.41) is 8.83. The molecule has 2 rings (SSSR count). The minimum atomic E-state index is -3.66. The molecule has 1 aromatic heterocycles. The molecule has 0 amide bonds. The molecule has 0 radical (unpaired) electrons. The van der Waals surface area contributed by atoms with Gasteiger partial charge < -0.3 is 9.67 Å². The molecule has 106 valence electrons. The quantitative estimate of drug-likeness (QED) is 0.786. The number of nitrogens with one attached hydrogen (secondary N) is 1. The zero-order chi connectivity index (χ0) is 14.1. The van der Waals surface area contributed by atoms with Gasteiger partial charge >= 0.3 is 5.97 Å². The van der Waals surface area contributed by atoms with Crippen LogP contribution in [0.2, 0.25) is 0 Å². The summed E-state index contributed by atoms with van der Waals surface area (Å²) in [5.74, 6) is -0.892. The zero-order valence-corrected chi connectivity index (χ0v) is 11.5. The summed E-state index contributed by atoms with van der Waals surface area (Å²) in [6, 6.07) is 0. The molecule has 0 aromatic carbocycles. The Morgan fingerprint density at radius 2 is 2.26 bits per heavy atom. The summed E-state index contributed by atoms with van der Waals surface area (Å²) in [7, 11) is -1.98. The molecule has 19 heavy (non-hydrogen) atoms. The van der Waals surface area contributed by atoms with E-state index in [0.717, 1.165) is 19.3 Å². The molecule has 8 heteroatoms. The molecule has 7 nitrogen and oxygen atoms in total. The Bertz CT molecular complexity index is 575. The molecule has 0 saturated heterocycles. The SMILES string of the molecule is Cn1cnc(S(=O)(=O)NCC2(CC(=O)O)CCC2)c1. The van der Waals surface area contributed by atoms with Crippen molar-refractivity contribution in [1.29, 1.82) is 0 Å². The largest absolute Gasteiger partial charge is 0.481 e. The number of carbonyl (C=O) groups is 1. The maximum Gasteiger partial charge on any atom is 0.303 e. The highest BCUT2D eigenvalue weighted by Gasteiger charge is 2.40. The standard InChI is InChI=1S/C11H17N3O4S/c1-14-6-9(12-8-14)19(17,18)13-7-11(3-2-4-11)5-10(15)16/h6,8,13H,2-5,7H2,1H3,(H,15,16). The predicted octanol–water partition coefficient (Wildman–Crippen LogP) is 0.343. The zero-order valence-electron chi connectivity index (χ0n) is 10.7. The number of carboxylic acids is 1. The second-order valence-electron chi connectivity index (χ2n) is 5.13. The number of rotatable bonds is 6. The van der Waals surface area contributed by atoms with Gasteiger partial charge in [-0.15, -0.1) is 0 Å². The third-order valence-corrected chi connectivity index (χ3v) is 4.82. The van der Waals surface area contributed by atoms with Crippen LogP contribution in [0.5, 0.6) is 0 Å². The van der Waals surface area contributed by atoms with Gasteiger partial charge in [0.15, 0.2) is 5.03 Å². The number of aromatic nitrogens is 2. The maximum absolute atomic E-state index is 12.0. The Hall–Kier alpha value is -1.41. The maximum atomic E-state index is 12.0. The second kappa shape index (κ2) is 4.93. The number of hydrogen-bond donors (Lipinski definition) is 2. The monoisotopic (exact) mass is 287 g/mol. The molecule has 1 aliphatic rings. The molecule has 0 bridgehead atoms. The number of sulfonamides is 1. The first-order chi connectivity index (χ1) is 8.83. The first kappa shape index (κ1) is 14.0. The minimum Gasteiger partial charge on any atom is -0.481 e. The van der Waals surface area contributed by atoms with Crippen molar-refractivity contribution < 1.29 is 18.3 Å². The van der Waals surface area contributed by atoms with Crippen LogP contribution in [0.25, 0.3) is 0 Å². The van der Waals surface area contributed by atoms with E-state index < -0.39 is 21.4 Å². The van der Waals surface area contributed by atoms with Crippen molar-refractivity contribution in [1.82, 2.24) is 14.3 Å². The van der Waals surface area contributed by atoms with Crippen LogP contribution in [0.4, 0.5) is 0 Å². The molecule has 2 N–H and O–H groups in total. The van der Waals surface area contributed by atoms with Gasteiger partial charge in [0.25, 0.3) is 10.0 Å². The number of imidazole rings is 1. The Morgan fingerprint density at radius 1 is 1.58 bits per heavy atom. The fraction of sp³-hybridized carbons (Fsp3) is 0.636. The second-order valence-corrected chi connectivity index (χ2v) is 6.84. The number of hydrogen-bond acceptors (Lipinski definition) is 4. The van der Waals surface area contributed by atoms with Gasteiger partial charge in [-0.1, -0.05) is 6.42 Å². The first-order valence-corrected chi connectivity index (χ1v) is 7.51. The van der Waals surface area contributed by atoms with Crippen molar-refractivity contribution in [3.8, 4) is 0 Å². The lowest BCUT2D eigenvalue weighted by Gasteiger charge is -2.40. The van der Waals surface area contributed by atoms with E-state index in [1.807, 2.05) is 0 Å². The fourth-order valence-electron chi connectivity index (χ4n) is 2.26. The average Bonchev–Trinajstić information content (AvgIpc) is 2.69. The predicted molar refractivity (Wildman–Crippen MR) is 66.9 cm³/mol. The van der Waals surface area contributed by atoms with Gasteiger partial charge in [0.05, 0.1) is 12.7 Å². The van der Waals surface area contributed by atoms with Crippen LogP contribution < -0.4 is 4.72 Å². The summed E-state index contributed by atoms with van der Waals surface area (Å²) in [6.07, 6.45) is 5.24. The van der Waals surface area contributed by atoms with E-state index in [0.29, 0.717) is 0 Å². The Kier molecular flexibility index (Phi) is 3.64. The molecule has 0 spiro atoms. The van der Waals surface area contributed by atoms with Crippen molar-refractivity contribution in [3.05, 3.63) is 12.5 Å². The summed E-state index contributed by atoms with van der Waals surface area (Å²) < 4.78 is 28.0. The molecule has 1 heterocycles. The van der Waals surface area contributed by atoms with E-state index in [1.165, 1.54) is 12.5 Å². The van der Waals surface area contributed by atoms with Crippen molar-refractivity contribution in [2.45, 2.75) is 30.7 Å². The molecular weight excluding hydrogens is 270 g/mol. The van der Waals surface area contributed by atoms with Gasteiger partial charge in [-0.25, -0.2) is 18.1 Å². The molecule has 1 saturated carbocycles. The molecule has 0 atom stereocenters. The van der Waals surface area contributed by atoms with E-state index in [4.69, 9.17) is 5.11 Å². The highest BCUT2D eigenvalue weighted by Crippen LogP contribution is 2.43. The van der Waals surface area contributed by atoms with E-state index in [9.17, 15) is 13.2 Å². The number of nitrogens with zero attached hydrogens (tertiary/aromatic N) is 2. The Morgan fingerprint density at radius 3 is 2.68 bits per heavy atom. The Labute approximate surface area is 111 Å². The molecule has 1 fully saturated rings. The number of carboxylic acid groups (broad SMARTS) is 1. The van der Waals surface area contributed by atoms with E-state index in [-0.39, 0.29) is 18.0 Å². The lowest BCUT2D eigenvalue weighted by molar-refractivity contribution is -0.141. The van der Waals surface area contributed by atoms with Crippen LogP contribution >= 0.6 is 0 Å². The minimum absolute atomic E-state index is 0.00224. The topological polar surface area (TPSA) is 101 Å². The van der Waals surface area contributed by atoms with E-state index >= 15 is 0 Å². The lowest BCUT2D eigenvalue weighted by atomic mass is 9.67. The highest BCUT2D eigenvalue weighted by molar-refractivity contribution is 7.89. The summed E-state index contributed by atoms with van der Waals surface area (Å²) >= 11 is 0. The van der Waals surface area contributed by atoms with Crippen LogP contribution in [0.15, 0.2) is 17.6 Å². The van der Waals surface area contributed by atoms with Crippen LogP contribution in [0.1, 0.15) is 25.7 Å². The Balaban J connectivity index is 2.03.